The number of piperidine rings is 1. The zero-order valence-electron chi connectivity index (χ0n) is 18.1. The number of hydrogen-bond donors (Lipinski definition) is 1. The molecule has 1 amide bonds. The lowest BCUT2D eigenvalue weighted by Crippen LogP contribution is -2.43. The van der Waals surface area contributed by atoms with Crippen LogP contribution in [-0.4, -0.2) is 36.7 Å². The fourth-order valence-corrected chi connectivity index (χ4v) is 6.59. The Balaban J connectivity index is 1.30. The highest BCUT2D eigenvalue weighted by atomic mass is 32.2. The number of anilines is 1. The van der Waals surface area contributed by atoms with E-state index in [0.717, 1.165) is 32.9 Å². The quantitative estimate of drug-likeness (QED) is 0.416. The van der Waals surface area contributed by atoms with Crippen LogP contribution in [0.4, 0.5) is 10.1 Å². The van der Waals surface area contributed by atoms with Gasteiger partial charge in [0.05, 0.1) is 21.0 Å². The van der Waals surface area contributed by atoms with Crippen LogP contribution in [0.5, 0.6) is 0 Å². The van der Waals surface area contributed by atoms with Gasteiger partial charge in [0.15, 0.2) is 0 Å². The lowest BCUT2D eigenvalue weighted by Gasteiger charge is -2.31. The van der Waals surface area contributed by atoms with Crippen LogP contribution in [-0.2, 0) is 14.8 Å². The number of fused-ring (bicyclic) bond motifs is 1. The molecule has 0 radical (unpaired) electrons. The van der Waals surface area contributed by atoms with Crippen LogP contribution in [0.1, 0.15) is 12.8 Å². The Hall–Kier alpha value is -3.14. The standard InChI is InChI=1S/C25H22FN3O3S2/c26-19-10-12-21(13-11-19)34(31,32)29-14-4-6-18(16-29)24(30)27-20-7-3-5-17(15-20)25-28-22-8-1-2-9-23(22)33-25/h1-3,5,7-13,15,18H,4,6,14,16H2,(H,27,30). The molecule has 1 unspecified atom stereocenters. The van der Waals surface area contributed by atoms with Gasteiger partial charge in [-0.25, -0.2) is 17.8 Å². The zero-order chi connectivity index (χ0) is 23.7. The van der Waals surface area contributed by atoms with Gasteiger partial charge >= 0.3 is 0 Å². The molecule has 1 saturated heterocycles. The maximum atomic E-state index is 13.2. The van der Waals surface area contributed by atoms with Gasteiger partial charge in [-0.15, -0.1) is 11.3 Å². The maximum Gasteiger partial charge on any atom is 0.243 e. The Labute approximate surface area is 201 Å². The van der Waals surface area contributed by atoms with Crippen LogP contribution in [0.3, 0.4) is 0 Å². The number of sulfonamides is 1. The van der Waals surface area contributed by atoms with Gasteiger partial charge in [0.25, 0.3) is 0 Å². The number of hydrogen-bond acceptors (Lipinski definition) is 5. The lowest BCUT2D eigenvalue weighted by molar-refractivity contribution is -0.120. The molecule has 2 heterocycles. The van der Waals surface area contributed by atoms with E-state index in [-0.39, 0.29) is 17.3 Å². The average molecular weight is 496 g/mol. The van der Waals surface area contributed by atoms with Crippen LogP contribution in [0.2, 0.25) is 0 Å². The third-order valence-electron chi connectivity index (χ3n) is 5.88. The number of benzene rings is 3. The Bertz CT molecular complexity index is 1420. The summed E-state index contributed by atoms with van der Waals surface area (Å²) < 4.78 is 41.6. The third kappa shape index (κ3) is 4.59. The molecule has 0 bridgehead atoms. The number of carbonyl (C=O) groups excluding carboxylic acids is 1. The van der Waals surface area contributed by atoms with Crippen LogP contribution in [0.15, 0.2) is 77.7 Å². The minimum Gasteiger partial charge on any atom is -0.326 e. The molecule has 1 fully saturated rings. The minimum absolute atomic E-state index is 0.0264. The summed E-state index contributed by atoms with van der Waals surface area (Å²) in [4.78, 5) is 17.7. The molecule has 1 aromatic heterocycles. The molecule has 1 N–H and O–H groups in total. The topological polar surface area (TPSA) is 79.4 Å². The molecule has 34 heavy (non-hydrogen) atoms. The second kappa shape index (κ2) is 9.25. The van der Waals surface area contributed by atoms with Crippen LogP contribution in [0, 0.1) is 11.7 Å². The summed E-state index contributed by atoms with van der Waals surface area (Å²) in [6.07, 6.45) is 1.17. The van der Waals surface area contributed by atoms with E-state index in [1.165, 1.54) is 16.4 Å². The Morgan fingerprint density at radius 2 is 1.85 bits per heavy atom. The number of nitrogens with zero attached hydrogens (tertiary/aromatic N) is 2. The first-order valence-corrected chi connectivity index (χ1v) is 13.2. The van der Waals surface area contributed by atoms with Crippen LogP contribution < -0.4 is 5.32 Å². The molecular weight excluding hydrogens is 473 g/mol. The molecular formula is C25H22FN3O3S2. The highest BCUT2D eigenvalue weighted by molar-refractivity contribution is 7.89. The van der Waals surface area contributed by atoms with Crippen molar-refractivity contribution in [3.63, 3.8) is 0 Å². The summed E-state index contributed by atoms with van der Waals surface area (Å²) in [5.41, 5.74) is 2.48. The van der Waals surface area contributed by atoms with Crippen molar-refractivity contribution in [2.45, 2.75) is 17.7 Å². The summed E-state index contributed by atoms with van der Waals surface area (Å²) in [5, 5.41) is 3.81. The molecule has 5 rings (SSSR count). The molecule has 174 valence electrons. The average Bonchev–Trinajstić information content (AvgIpc) is 3.29. The number of nitrogens with one attached hydrogen (secondary N) is 1. The van der Waals surface area contributed by atoms with Crippen LogP contribution in [0.25, 0.3) is 20.8 Å². The molecule has 6 nitrogen and oxygen atoms in total. The SMILES string of the molecule is O=C(Nc1cccc(-c2nc3ccccc3s2)c1)C1CCCN(S(=O)(=O)c2ccc(F)cc2)C1. The van der Waals surface area contributed by atoms with Crippen molar-refractivity contribution in [1.29, 1.82) is 0 Å². The smallest absolute Gasteiger partial charge is 0.243 e. The summed E-state index contributed by atoms with van der Waals surface area (Å²) in [6.45, 7) is 0.416. The highest BCUT2D eigenvalue weighted by Crippen LogP contribution is 2.31. The molecule has 4 aromatic rings. The number of para-hydroxylation sites is 1. The summed E-state index contributed by atoms with van der Waals surface area (Å²) in [7, 11) is -3.79. The van der Waals surface area contributed by atoms with Gasteiger partial charge in [-0.3, -0.25) is 4.79 Å². The first kappa shape index (κ1) is 22.6. The fraction of sp³-hybridized carbons (Fsp3) is 0.200. The summed E-state index contributed by atoms with van der Waals surface area (Å²) >= 11 is 1.59. The lowest BCUT2D eigenvalue weighted by atomic mass is 9.98. The first-order valence-electron chi connectivity index (χ1n) is 10.9. The molecule has 1 atom stereocenters. The van der Waals surface area contributed by atoms with Gasteiger partial charge < -0.3 is 5.32 Å². The van der Waals surface area contributed by atoms with Gasteiger partial charge in [0.2, 0.25) is 15.9 Å². The van der Waals surface area contributed by atoms with Crippen molar-refractivity contribution in [1.82, 2.24) is 9.29 Å². The molecule has 3 aromatic carbocycles. The second-order valence-corrected chi connectivity index (χ2v) is 11.2. The number of halogens is 1. The largest absolute Gasteiger partial charge is 0.326 e. The summed E-state index contributed by atoms with van der Waals surface area (Å²) in [5.74, 6) is -1.20. The van der Waals surface area contributed by atoms with Crippen molar-refractivity contribution >= 4 is 43.2 Å². The predicted octanol–water partition coefficient (Wildman–Crippen LogP) is 5.14. The van der Waals surface area contributed by atoms with E-state index in [1.54, 1.807) is 11.3 Å². The van der Waals surface area contributed by atoms with Gasteiger partial charge in [0.1, 0.15) is 10.8 Å². The van der Waals surface area contributed by atoms with E-state index in [4.69, 9.17) is 0 Å². The van der Waals surface area contributed by atoms with Gasteiger partial charge in [-0.2, -0.15) is 4.31 Å². The number of aromatic nitrogens is 1. The van der Waals surface area contributed by atoms with Crippen LogP contribution >= 0.6 is 11.3 Å². The third-order valence-corrected chi connectivity index (χ3v) is 8.84. The monoisotopic (exact) mass is 495 g/mol. The van der Waals surface area contributed by atoms with E-state index in [0.29, 0.717) is 25.1 Å². The van der Waals surface area contributed by atoms with Gasteiger partial charge in [-0.05, 0) is 61.4 Å². The fourth-order valence-electron chi connectivity index (χ4n) is 4.10. The van der Waals surface area contributed by atoms with Crippen molar-refractivity contribution in [3.05, 3.63) is 78.6 Å². The van der Waals surface area contributed by atoms with Crippen molar-refractivity contribution in [2.75, 3.05) is 18.4 Å². The molecule has 0 saturated carbocycles. The van der Waals surface area contributed by atoms with E-state index in [2.05, 4.69) is 10.3 Å². The van der Waals surface area contributed by atoms with Gasteiger partial charge in [-0.1, -0.05) is 24.3 Å². The van der Waals surface area contributed by atoms with E-state index < -0.39 is 21.8 Å². The molecule has 0 spiro atoms. The Morgan fingerprint density at radius 1 is 1.06 bits per heavy atom. The highest BCUT2D eigenvalue weighted by Gasteiger charge is 2.33. The predicted molar refractivity (Wildman–Crippen MR) is 132 cm³/mol. The van der Waals surface area contributed by atoms with E-state index in [9.17, 15) is 17.6 Å². The molecule has 9 heteroatoms. The molecule has 1 aliphatic rings. The number of carbonyl (C=O) groups is 1. The normalized spacial score (nSPS) is 17.0. The Morgan fingerprint density at radius 3 is 2.65 bits per heavy atom. The van der Waals surface area contributed by atoms with Crippen molar-refractivity contribution in [2.24, 2.45) is 5.92 Å². The number of thiazole rings is 1. The Kier molecular flexibility index (Phi) is 6.16. The van der Waals surface area contributed by atoms with E-state index in [1.807, 2.05) is 48.5 Å². The molecule has 0 aliphatic carbocycles. The van der Waals surface area contributed by atoms with Crippen molar-refractivity contribution in [3.8, 4) is 10.6 Å². The minimum atomic E-state index is -3.79. The summed E-state index contributed by atoms with van der Waals surface area (Å²) in [6, 6.07) is 20.2. The number of rotatable bonds is 5. The second-order valence-electron chi connectivity index (χ2n) is 8.21. The van der Waals surface area contributed by atoms with Gasteiger partial charge in [0, 0.05) is 24.3 Å². The first-order chi connectivity index (χ1) is 16.4. The number of amides is 1. The maximum absolute atomic E-state index is 13.2. The zero-order valence-corrected chi connectivity index (χ0v) is 19.8. The molecule has 1 aliphatic heterocycles. The van der Waals surface area contributed by atoms with E-state index >= 15 is 0 Å². The van der Waals surface area contributed by atoms with Crippen molar-refractivity contribution < 1.29 is 17.6 Å².